The molecule has 3 aromatic rings. The topological polar surface area (TPSA) is 38.7 Å². The summed E-state index contributed by atoms with van der Waals surface area (Å²) in [6.45, 7) is 0.454. The van der Waals surface area contributed by atoms with E-state index in [1.54, 1.807) is 7.11 Å². The van der Waals surface area contributed by atoms with Crippen molar-refractivity contribution in [2.45, 2.75) is 19.1 Å². The first-order chi connectivity index (χ1) is 12.3. The minimum Gasteiger partial charge on any atom is -0.493 e. The van der Waals surface area contributed by atoms with Crippen molar-refractivity contribution in [1.82, 2.24) is 0 Å². The zero-order valence-corrected chi connectivity index (χ0v) is 14.3. The standard InChI is InChI=1S/C22H22O3/c1-24-21-14-8-13-19(15-20(23)18-11-6-3-7-12-18)22(21)25-16-17-9-4-2-5-10-17/h2-14,20,23H,15-16H2,1H3. The van der Waals surface area contributed by atoms with Crippen LogP contribution in [0.15, 0.2) is 78.9 Å². The highest BCUT2D eigenvalue weighted by Crippen LogP contribution is 2.34. The zero-order valence-electron chi connectivity index (χ0n) is 14.3. The second-order valence-corrected chi connectivity index (χ2v) is 5.85. The van der Waals surface area contributed by atoms with Gasteiger partial charge in [0.2, 0.25) is 0 Å². The fourth-order valence-electron chi connectivity index (χ4n) is 2.78. The molecular weight excluding hydrogens is 312 g/mol. The van der Waals surface area contributed by atoms with E-state index < -0.39 is 6.10 Å². The molecule has 128 valence electrons. The Labute approximate surface area is 148 Å². The number of hydrogen-bond acceptors (Lipinski definition) is 3. The molecule has 0 heterocycles. The molecule has 0 amide bonds. The summed E-state index contributed by atoms with van der Waals surface area (Å²) < 4.78 is 11.5. The maximum Gasteiger partial charge on any atom is 0.164 e. The number of rotatable bonds is 7. The molecule has 0 fully saturated rings. The number of aliphatic hydroxyl groups excluding tert-OH is 1. The third-order valence-corrected chi connectivity index (χ3v) is 4.10. The Hall–Kier alpha value is -2.78. The van der Waals surface area contributed by atoms with Crippen molar-refractivity contribution in [3.63, 3.8) is 0 Å². The van der Waals surface area contributed by atoms with Gasteiger partial charge in [0.05, 0.1) is 13.2 Å². The Kier molecular flexibility index (Phi) is 5.70. The summed E-state index contributed by atoms with van der Waals surface area (Å²) in [5, 5.41) is 10.6. The predicted octanol–water partition coefficient (Wildman–Crippen LogP) is 4.55. The molecule has 1 atom stereocenters. The molecular formula is C22H22O3. The van der Waals surface area contributed by atoms with Crippen molar-refractivity contribution >= 4 is 0 Å². The molecule has 1 unspecified atom stereocenters. The van der Waals surface area contributed by atoms with E-state index in [2.05, 4.69) is 0 Å². The monoisotopic (exact) mass is 334 g/mol. The van der Waals surface area contributed by atoms with Crippen LogP contribution in [-0.4, -0.2) is 12.2 Å². The lowest BCUT2D eigenvalue weighted by Gasteiger charge is -2.17. The van der Waals surface area contributed by atoms with E-state index in [0.717, 1.165) is 16.7 Å². The minimum absolute atomic E-state index is 0.454. The van der Waals surface area contributed by atoms with Crippen molar-refractivity contribution in [2.75, 3.05) is 7.11 Å². The van der Waals surface area contributed by atoms with E-state index >= 15 is 0 Å². The van der Waals surface area contributed by atoms with Crippen LogP contribution in [0.4, 0.5) is 0 Å². The predicted molar refractivity (Wildman–Crippen MR) is 98.9 cm³/mol. The van der Waals surface area contributed by atoms with Gasteiger partial charge in [-0.1, -0.05) is 72.8 Å². The summed E-state index contributed by atoms with van der Waals surface area (Å²) in [5.41, 5.74) is 2.90. The van der Waals surface area contributed by atoms with Crippen molar-refractivity contribution in [2.24, 2.45) is 0 Å². The molecule has 3 nitrogen and oxygen atoms in total. The first-order valence-corrected chi connectivity index (χ1v) is 8.33. The quantitative estimate of drug-likeness (QED) is 0.689. The molecule has 0 aromatic heterocycles. The molecule has 0 bridgehead atoms. The van der Waals surface area contributed by atoms with Crippen LogP contribution in [0.2, 0.25) is 0 Å². The molecule has 1 N–H and O–H groups in total. The summed E-state index contributed by atoms with van der Waals surface area (Å²) in [5.74, 6) is 1.36. The van der Waals surface area contributed by atoms with E-state index in [9.17, 15) is 5.11 Å². The van der Waals surface area contributed by atoms with Gasteiger partial charge in [-0.05, 0) is 17.2 Å². The molecule has 0 aliphatic rings. The van der Waals surface area contributed by atoms with Gasteiger partial charge >= 0.3 is 0 Å². The molecule has 3 heteroatoms. The minimum atomic E-state index is -0.590. The lowest BCUT2D eigenvalue weighted by molar-refractivity contribution is 0.176. The van der Waals surface area contributed by atoms with Crippen LogP contribution in [0, 0.1) is 0 Å². The van der Waals surface area contributed by atoms with Gasteiger partial charge in [0.25, 0.3) is 0 Å². The van der Waals surface area contributed by atoms with Gasteiger partial charge in [0.1, 0.15) is 6.61 Å². The smallest absolute Gasteiger partial charge is 0.164 e. The molecule has 0 saturated heterocycles. The van der Waals surface area contributed by atoms with E-state index in [1.807, 2.05) is 78.9 Å². The SMILES string of the molecule is COc1cccc(CC(O)c2ccccc2)c1OCc1ccccc1. The van der Waals surface area contributed by atoms with Gasteiger partial charge in [-0.2, -0.15) is 0 Å². The lowest BCUT2D eigenvalue weighted by Crippen LogP contribution is -2.06. The van der Waals surface area contributed by atoms with Crippen LogP contribution in [-0.2, 0) is 13.0 Å². The van der Waals surface area contributed by atoms with E-state index in [0.29, 0.717) is 24.5 Å². The van der Waals surface area contributed by atoms with E-state index in [4.69, 9.17) is 9.47 Å². The second kappa shape index (κ2) is 8.36. The van der Waals surface area contributed by atoms with E-state index in [-0.39, 0.29) is 0 Å². The molecule has 0 radical (unpaired) electrons. The van der Waals surface area contributed by atoms with Gasteiger partial charge in [-0.15, -0.1) is 0 Å². The van der Waals surface area contributed by atoms with Gasteiger partial charge in [-0.25, -0.2) is 0 Å². The molecule has 3 rings (SSSR count). The number of benzene rings is 3. The van der Waals surface area contributed by atoms with Crippen LogP contribution in [0.3, 0.4) is 0 Å². The highest BCUT2D eigenvalue weighted by Gasteiger charge is 2.15. The van der Waals surface area contributed by atoms with E-state index in [1.165, 1.54) is 0 Å². The Morgan fingerprint density at radius 3 is 2.20 bits per heavy atom. The van der Waals surface area contributed by atoms with Crippen LogP contribution >= 0.6 is 0 Å². The Bertz CT molecular complexity index is 785. The average Bonchev–Trinajstić information content (AvgIpc) is 2.68. The average molecular weight is 334 g/mol. The summed E-state index contributed by atoms with van der Waals surface area (Å²) in [6, 6.07) is 25.4. The third-order valence-electron chi connectivity index (χ3n) is 4.10. The molecule has 3 aromatic carbocycles. The second-order valence-electron chi connectivity index (χ2n) is 5.85. The van der Waals surface area contributed by atoms with Crippen molar-refractivity contribution in [3.05, 3.63) is 95.6 Å². The summed E-state index contributed by atoms with van der Waals surface area (Å²) in [7, 11) is 1.63. The molecule has 0 aliphatic carbocycles. The van der Waals surface area contributed by atoms with Crippen molar-refractivity contribution in [1.29, 1.82) is 0 Å². The highest BCUT2D eigenvalue weighted by atomic mass is 16.5. The fraction of sp³-hybridized carbons (Fsp3) is 0.182. The zero-order chi connectivity index (χ0) is 17.5. The summed E-state index contributed by atoms with van der Waals surface area (Å²) >= 11 is 0. The number of methoxy groups -OCH3 is 1. The molecule has 0 aliphatic heterocycles. The van der Waals surface area contributed by atoms with Crippen molar-refractivity contribution < 1.29 is 14.6 Å². The summed E-state index contributed by atoms with van der Waals surface area (Å²) in [4.78, 5) is 0. The number of aliphatic hydroxyl groups is 1. The van der Waals surface area contributed by atoms with Crippen molar-refractivity contribution in [3.8, 4) is 11.5 Å². The van der Waals surface area contributed by atoms with Gasteiger partial charge in [0, 0.05) is 12.0 Å². The van der Waals surface area contributed by atoms with Gasteiger partial charge in [0.15, 0.2) is 11.5 Å². The molecule has 0 spiro atoms. The Morgan fingerprint density at radius 2 is 1.52 bits per heavy atom. The van der Waals surface area contributed by atoms with Crippen LogP contribution in [0.5, 0.6) is 11.5 Å². The van der Waals surface area contributed by atoms with Crippen LogP contribution < -0.4 is 9.47 Å². The van der Waals surface area contributed by atoms with Crippen LogP contribution in [0.1, 0.15) is 22.8 Å². The number of para-hydroxylation sites is 1. The molecule has 25 heavy (non-hydrogen) atoms. The molecule has 0 saturated carbocycles. The maximum absolute atomic E-state index is 10.6. The normalized spacial score (nSPS) is 11.8. The van der Waals surface area contributed by atoms with Crippen LogP contribution in [0.25, 0.3) is 0 Å². The fourth-order valence-corrected chi connectivity index (χ4v) is 2.78. The summed E-state index contributed by atoms with van der Waals surface area (Å²) in [6.07, 6.45) is -0.127. The Balaban J connectivity index is 1.81. The Morgan fingerprint density at radius 1 is 0.840 bits per heavy atom. The first-order valence-electron chi connectivity index (χ1n) is 8.33. The number of hydrogen-bond donors (Lipinski definition) is 1. The van der Waals surface area contributed by atoms with Gasteiger partial charge in [-0.3, -0.25) is 0 Å². The third kappa shape index (κ3) is 4.40. The maximum atomic E-state index is 10.6. The first kappa shape index (κ1) is 17.1. The number of ether oxygens (including phenoxy) is 2. The largest absolute Gasteiger partial charge is 0.493 e. The lowest BCUT2D eigenvalue weighted by atomic mass is 10.0. The highest BCUT2D eigenvalue weighted by molar-refractivity contribution is 5.47. The van der Waals surface area contributed by atoms with Gasteiger partial charge < -0.3 is 14.6 Å².